The van der Waals surface area contributed by atoms with Crippen LogP contribution in [0.5, 0.6) is 0 Å². The van der Waals surface area contributed by atoms with Gasteiger partial charge < -0.3 is 0 Å². The van der Waals surface area contributed by atoms with Gasteiger partial charge in [-0.15, -0.1) is 0 Å². The molecule has 0 amide bonds. The third-order valence-corrected chi connectivity index (χ3v) is 14.4. The first-order valence-corrected chi connectivity index (χ1v) is 20.0. The van der Waals surface area contributed by atoms with Crippen LogP contribution < -0.4 is 0 Å². The van der Waals surface area contributed by atoms with Gasteiger partial charge in [0.05, 0.1) is 0 Å². The molecule has 1 unspecified atom stereocenters. The molecule has 6 aromatic carbocycles. The maximum absolute atomic E-state index is 2.48. The summed E-state index contributed by atoms with van der Waals surface area (Å²) >= 11 is 0. The van der Waals surface area contributed by atoms with Gasteiger partial charge in [0, 0.05) is 16.7 Å². The minimum atomic E-state index is -0.0598. The summed E-state index contributed by atoms with van der Waals surface area (Å²) in [5.41, 5.74) is 21.0. The third kappa shape index (κ3) is 3.74. The second kappa shape index (κ2) is 10.5. The molecule has 0 heterocycles. The van der Waals surface area contributed by atoms with E-state index >= 15 is 0 Å². The number of allylic oxidation sites excluding steroid dienone is 14. The van der Waals surface area contributed by atoms with Crippen LogP contribution >= 0.6 is 0 Å². The van der Waals surface area contributed by atoms with Crippen molar-refractivity contribution in [2.45, 2.75) is 57.8 Å². The maximum atomic E-state index is 2.48. The second-order valence-corrected chi connectivity index (χ2v) is 17.0. The number of hydrogen-bond acceptors (Lipinski definition) is 0. The van der Waals surface area contributed by atoms with E-state index in [-0.39, 0.29) is 10.8 Å². The van der Waals surface area contributed by atoms with Crippen molar-refractivity contribution in [1.82, 2.24) is 0 Å². The topological polar surface area (TPSA) is 0 Å². The lowest BCUT2D eigenvalue weighted by Gasteiger charge is -2.36. The van der Waals surface area contributed by atoms with Gasteiger partial charge in [0.15, 0.2) is 0 Å². The number of hydrogen-bond donors (Lipinski definition) is 0. The monoisotopic (exact) mass is 690 g/mol. The van der Waals surface area contributed by atoms with Gasteiger partial charge in [-0.25, -0.2) is 0 Å². The number of fused-ring (bicyclic) bond motifs is 6. The van der Waals surface area contributed by atoms with Gasteiger partial charge in [-0.2, -0.15) is 0 Å². The van der Waals surface area contributed by atoms with E-state index < -0.39 is 0 Å². The first kappa shape index (κ1) is 30.7. The molecule has 0 N–H and O–H groups in total. The highest BCUT2D eigenvalue weighted by atomic mass is 14.4. The van der Waals surface area contributed by atoms with Crippen LogP contribution in [0.1, 0.15) is 74.8 Å². The zero-order valence-corrected chi connectivity index (χ0v) is 31.5. The van der Waals surface area contributed by atoms with Gasteiger partial charge in [-0.05, 0) is 153 Å². The summed E-state index contributed by atoms with van der Waals surface area (Å²) in [5.74, 6) is 0.361. The summed E-state index contributed by atoms with van der Waals surface area (Å²) in [6.07, 6.45) is 22.2. The molecule has 12 rings (SSSR count). The van der Waals surface area contributed by atoms with Gasteiger partial charge in [-0.1, -0.05) is 149 Å². The molecule has 0 spiro atoms. The van der Waals surface area contributed by atoms with Crippen molar-refractivity contribution in [2.75, 3.05) is 0 Å². The molecule has 0 radical (unpaired) electrons. The molecule has 1 atom stereocenters. The molecule has 6 aromatic rings. The molecule has 0 heteroatoms. The summed E-state index contributed by atoms with van der Waals surface area (Å²) in [6, 6.07) is 35.8. The molecule has 0 saturated carbocycles. The zero-order valence-electron chi connectivity index (χ0n) is 31.5. The third-order valence-electron chi connectivity index (χ3n) is 14.4. The summed E-state index contributed by atoms with van der Waals surface area (Å²) in [4.78, 5) is 0. The van der Waals surface area contributed by atoms with Crippen LogP contribution in [0.3, 0.4) is 0 Å². The fourth-order valence-corrected chi connectivity index (χ4v) is 11.6. The summed E-state index contributed by atoms with van der Waals surface area (Å²) < 4.78 is 0. The predicted molar refractivity (Wildman–Crippen MR) is 229 cm³/mol. The fourth-order valence-electron chi connectivity index (χ4n) is 11.6. The van der Waals surface area contributed by atoms with Gasteiger partial charge in [0.25, 0.3) is 0 Å². The minimum absolute atomic E-state index is 0.0598. The Hall–Kier alpha value is -5.72. The molecule has 0 nitrogen and oxygen atoms in total. The zero-order chi connectivity index (χ0) is 36.1. The average Bonchev–Trinajstić information content (AvgIpc) is 3.64. The van der Waals surface area contributed by atoms with E-state index in [4.69, 9.17) is 0 Å². The van der Waals surface area contributed by atoms with Gasteiger partial charge >= 0.3 is 0 Å². The molecule has 258 valence electrons. The SMILES string of the molecule is CCC1(CC)c2cccc3c4ccc(-c5ccc6c(c5)-c5cc(C7=CC8=CC=C9CC=CC%10=C9C8C(=C7)C=C%10)ccc5C6(C)C)cc4c4cccc1c4c23. The molecule has 0 bridgehead atoms. The van der Waals surface area contributed by atoms with E-state index in [1.54, 1.807) is 0 Å². The van der Waals surface area contributed by atoms with Crippen LogP contribution in [0, 0.1) is 5.92 Å². The Kier molecular flexibility index (Phi) is 5.96. The Morgan fingerprint density at radius 3 is 1.98 bits per heavy atom. The highest BCUT2D eigenvalue weighted by molar-refractivity contribution is 6.29. The standard InChI is InChI=1S/C54H42/c1-5-54(6-2)47-14-8-12-40-39-23-20-33(28-42(39)41-13-9-15-48(54)52(41)51(40)47)34-21-24-45-43(29-34)44-30-35(22-25-46(44)53(45,3)4)38-26-36-18-16-31-10-7-11-32-17-19-37(27-38)50(36)49(31)32/h7-10,12-30,50H,5-6,11H2,1-4H3. The average molecular weight is 691 g/mol. The smallest absolute Gasteiger partial charge is 0.0349 e. The lowest BCUT2D eigenvalue weighted by molar-refractivity contribution is 0.492. The van der Waals surface area contributed by atoms with E-state index in [2.05, 4.69) is 167 Å². The van der Waals surface area contributed by atoms with E-state index in [0.29, 0.717) is 5.92 Å². The summed E-state index contributed by atoms with van der Waals surface area (Å²) in [5, 5.41) is 8.46. The van der Waals surface area contributed by atoms with Gasteiger partial charge in [0.2, 0.25) is 0 Å². The lowest BCUT2D eigenvalue weighted by Crippen LogP contribution is -2.23. The first-order valence-electron chi connectivity index (χ1n) is 20.0. The van der Waals surface area contributed by atoms with E-state index in [9.17, 15) is 0 Å². The molecule has 0 fully saturated rings. The number of rotatable bonds is 4. The van der Waals surface area contributed by atoms with Crippen molar-refractivity contribution < 1.29 is 0 Å². The quantitative estimate of drug-likeness (QED) is 0.162. The Bertz CT molecular complexity index is 2990. The van der Waals surface area contributed by atoms with Crippen LogP contribution in [-0.2, 0) is 10.8 Å². The predicted octanol–water partition coefficient (Wildman–Crippen LogP) is 14.2. The Balaban J connectivity index is 0.996. The second-order valence-electron chi connectivity index (χ2n) is 17.0. The molecule has 6 aliphatic carbocycles. The number of benzene rings is 6. The van der Waals surface area contributed by atoms with Crippen molar-refractivity contribution in [2.24, 2.45) is 5.92 Å². The van der Waals surface area contributed by atoms with Crippen LogP contribution in [0.2, 0.25) is 0 Å². The molecular formula is C54H42. The fraction of sp³-hybridized carbons (Fsp3) is 0.185. The van der Waals surface area contributed by atoms with Crippen LogP contribution in [0.15, 0.2) is 167 Å². The van der Waals surface area contributed by atoms with Gasteiger partial charge in [0.1, 0.15) is 0 Å². The molecular weight excluding hydrogens is 649 g/mol. The first-order chi connectivity index (χ1) is 26.4. The Morgan fingerprint density at radius 1 is 0.574 bits per heavy atom. The van der Waals surface area contributed by atoms with Crippen molar-refractivity contribution in [1.29, 1.82) is 0 Å². The Morgan fingerprint density at radius 2 is 1.24 bits per heavy atom. The summed E-state index contributed by atoms with van der Waals surface area (Å²) in [6.45, 7) is 9.52. The van der Waals surface area contributed by atoms with E-state index in [1.165, 1.54) is 116 Å². The summed E-state index contributed by atoms with van der Waals surface area (Å²) in [7, 11) is 0. The van der Waals surface area contributed by atoms with E-state index in [0.717, 1.165) is 19.3 Å². The van der Waals surface area contributed by atoms with Crippen molar-refractivity contribution >= 4 is 37.9 Å². The van der Waals surface area contributed by atoms with Crippen LogP contribution in [0.4, 0.5) is 0 Å². The minimum Gasteiger partial charge on any atom is -0.0795 e. The molecule has 0 aromatic heterocycles. The highest BCUT2D eigenvalue weighted by Gasteiger charge is 2.40. The molecule has 0 aliphatic heterocycles. The lowest BCUT2D eigenvalue weighted by atomic mass is 9.68. The molecule has 0 saturated heterocycles. The van der Waals surface area contributed by atoms with Crippen molar-refractivity contribution in [3.63, 3.8) is 0 Å². The van der Waals surface area contributed by atoms with Crippen molar-refractivity contribution in [3.8, 4) is 22.3 Å². The molecule has 54 heavy (non-hydrogen) atoms. The highest BCUT2D eigenvalue weighted by Crippen LogP contribution is 2.56. The normalized spacial score (nSPS) is 20.3. The molecule has 6 aliphatic rings. The largest absolute Gasteiger partial charge is 0.0795 e. The van der Waals surface area contributed by atoms with E-state index in [1.807, 2.05) is 0 Å². The van der Waals surface area contributed by atoms with Crippen LogP contribution in [-0.4, -0.2) is 0 Å². The Labute approximate surface area is 317 Å². The van der Waals surface area contributed by atoms with Gasteiger partial charge in [-0.3, -0.25) is 0 Å². The van der Waals surface area contributed by atoms with Crippen molar-refractivity contribution in [3.05, 3.63) is 195 Å². The van der Waals surface area contributed by atoms with Crippen LogP contribution in [0.25, 0.3) is 60.1 Å². The maximum Gasteiger partial charge on any atom is 0.0349 e.